The highest BCUT2D eigenvalue weighted by atomic mass is 32.1. The van der Waals surface area contributed by atoms with Crippen LogP contribution < -0.4 is 19.7 Å². The number of aryl methyl sites for hydroxylation is 1. The Hall–Kier alpha value is -3.92. The normalized spacial score (nSPS) is 16.1. The van der Waals surface area contributed by atoms with Gasteiger partial charge in [0.05, 0.1) is 36.7 Å². The number of benzene rings is 2. The van der Waals surface area contributed by atoms with Gasteiger partial charge in [0, 0.05) is 23.9 Å². The van der Waals surface area contributed by atoms with Crippen molar-refractivity contribution in [3.63, 3.8) is 0 Å². The fourth-order valence-corrected chi connectivity index (χ4v) is 5.17. The SMILES string of the molecule is COc1ccc2c(c1OC)C(=O)N1c3ccccc3C(=O)N(CCC(=O)Nc3nc(C)cs3)C21. The monoisotopic (exact) mass is 478 g/mol. The number of ether oxygens (including phenoxy) is 2. The van der Waals surface area contributed by atoms with E-state index in [4.69, 9.17) is 9.47 Å². The molecule has 3 heterocycles. The van der Waals surface area contributed by atoms with E-state index in [0.717, 1.165) is 5.69 Å². The number of hydrogen-bond acceptors (Lipinski definition) is 7. The summed E-state index contributed by atoms with van der Waals surface area (Å²) in [5, 5.41) is 5.13. The van der Waals surface area contributed by atoms with Gasteiger partial charge in [-0.05, 0) is 25.1 Å². The second-order valence-corrected chi connectivity index (χ2v) is 8.78. The second kappa shape index (κ2) is 8.45. The van der Waals surface area contributed by atoms with Crippen LogP contribution in [0.2, 0.25) is 0 Å². The lowest BCUT2D eigenvalue weighted by Gasteiger charge is -2.40. The molecule has 1 N–H and O–H groups in total. The molecule has 10 heteroatoms. The van der Waals surface area contributed by atoms with Gasteiger partial charge in [-0.2, -0.15) is 0 Å². The summed E-state index contributed by atoms with van der Waals surface area (Å²) in [6.07, 6.45) is -0.646. The highest BCUT2D eigenvalue weighted by Crippen LogP contribution is 2.49. The van der Waals surface area contributed by atoms with Crippen LogP contribution >= 0.6 is 11.3 Å². The van der Waals surface area contributed by atoms with Crippen LogP contribution in [0.4, 0.5) is 10.8 Å². The van der Waals surface area contributed by atoms with Gasteiger partial charge in [0.25, 0.3) is 11.8 Å². The molecular weight excluding hydrogens is 456 g/mol. The van der Waals surface area contributed by atoms with Crippen LogP contribution in [0, 0.1) is 6.92 Å². The number of nitrogens with one attached hydrogen (secondary N) is 1. The fraction of sp³-hybridized carbons (Fsp3) is 0.250. The maximum atomic E-state index is 13.6. The lowest BCUT2D eigenvalue weighted by atomic mass is 10.0. The van der Waals surface area contributed by atoms with E-state index in [2.05, 4.69) is 10.3 Å². The van der Waals surface area contributed by atoms with Gasteiger partial charge in [-0.1, -0.05) is 18.2 Å². The molecule has 0 spiro atoms. The molecule has 2 aliphatic rings. The summed E-state index contributed by atoms with van der Waals surface area (Å²) in [7, 11) is 2.98. The summed E-state index contributed by atoms with van der Waals surface area (Å²) in [4.78, 5) is 47.2. The molecule has 1 aromatic heterocycles. The molecule has 1 unspecified atom stereocenters. The average molecular weight is 479 g/mol. The lowest BCUT2D eigenvalue weighted by molar-refractivity contribution is -0.116. The van der Waals surface area contributed by atoms with E-state index in [1.165, 1.54) is 25.6 Å². The van der Waals surface area contributed by atoms with E-state index in [0.29, 0.717) is 39.0 Å². The number of thiazole rings is 1. The number of amides is 3. The van der Waals surface area contributed by atoms with Crippen LogP contribution in [0.25, 0.3) is 0 Å². The number of para-hydroxylation sites is 1. The van der Waals surface area contributed by atoms with Crippen molar-refractivity contribution in [2.24, 2.45) is 0 Å². The minimum absolute atomic E-state index is 0.0493. The number of carbonyl (C=O) groups excluding carboxylic acids is 3. The zero-order chi connectivity index (χ0) is 24.0. The van der Waals surface area contributed by atoms with Crippen molar-refractivity contribution in [2.45, 2.75) is 19.5 Å². The van der Waals surface area contributed by atoms with Crippen LogP contribution in [0.3, 0.4) is 0 Å². The zero-order valence-corrected chi connectivity index (χ0v) is 19.6. The number of anilines is 2. The summed E-state index contributed by atoms with van der Waals surface area (Å²) in [6.45, 7) is 1.97. The summed E-state index contributed by atoms with van der Waals surface area (Å²) in [5.74, 6) is -0.0436. The number of rotatable bonds is 6. The Labute approximate surface area is 199 Å². The molecule has 0 radical (unpaired) electrons. The number of carbonyl (C=O) groups is 3. The van der Waals surface area contributed by atoms with E-state index in [-0.39, 0.29) is 30.7 Å². The first-order valence-electron chi connectivity index (χ1n) is 10.6. The van der Waals surface area contributed by atoms with Crippen molar-refractivity contribution in [1.29, 1.82) is 0 Å². The van der Waals surface area contributed by atoms with Crippen molar-refractivity contribution in [2.75, 3.05) is 31.0 Å². The molecule has 3 amide bonds. The first-order chi connectivity index (χ1) is 16.4. The van der Waals surface area contributed by atoms with Gasteiger partial charge >= 0.3 is 0 Å². The van der Waals surface area contributed by atoms with Crippen LogP contribution in [-0.2, 0) is 4.79 Å². The summed E-state index contributed by atoms with van der Waals surface area (Å²) < 4.78 is 10.9. The highest BCUT2D eigenvalue weighted by Gasteiger charge is 2.49. The van der Waals surface area contributed by atoms with Crippen molar-refractivity contribution >= 4 is 39.9 Å². The number of fused-ring (bicyclic) bond motifs is 5. The van der Waals surface area contributed by atoms with E-state index < -0.39 is 6.17 Å². The minimum Gasteiger partial charge on any atom is -0.493 e. The first kappa shape index (κ1) is 21.9. The number of aromatic nitrogens is 1. The molecule has 0 saturated carbocycles. The smallest absolute Gasteiger partial charge is 0.264 e. The molecule has 34 heavy (non-hydrogen) atoms. The lowest BCUT2D eigenvalue weighted by Crippen LogP contribution is -2.49. The van der Waals surface area contributed by atoms with Crippen LogP contribution in [0.15, 0.2) is 41.8 Å². The number of methoxy groups -OCH3 is 2. The molecule has 2 aliphatic heterocycles. The third-order valence-electron chi connectivity index (χ3n) is 5.93. The zero-order valence-electron chi connectivity index (χ0n) is 18.8. The second-order valence-electron chi connectivity index (χ2n) is 7.92. The Morgan fingerprint density at radius 3 is 2.62 bits per heavy atom. The molecular formula is C24H22N4O5S. The first-order valence-corrected chi connectivity index (χ1v) is 11.5. The van der Waals surface area contributed by atoms with Crippen LogP contribution in [-0.4, -0.2) is 48.4 Å². The van der Waals surface area contributed by atoms with Gasteiger partial charge in [0.1, 0.15) is 6.17 Å². The maximum absolute atomic E-state index is 13.6. The van der Waals surface area contributed by atoms with Gasteiger partial charge in [-0.3, -0.25) is 19.3 Å². The van der Waals surface area contributed by atoms with Gasteiger partial charge in [-0.15, -0.1) is 11.3 Å². The molecule has 0 bridgehead atoms. The third kappa shape index (κ3) is 3.38. The maximum Gasteiger partial charge on any atom is 0.264 e. The molecule has 5 rings (SSSR count). The molecule has 0 saturated heterocycles. The number of hydrogen-bond donors (Lipinski definition) is 1. The molecule has 174 valence electrons. The van der Waals surface area contributed by atoms with E-state index in [1.54, 1.807) is 46.2 Å². The van der Waals surface area contributed by atoms with E-state index in [1.807, 2.05) is 12.3 Å². The Bertz CT molecular complexity index is 1320. The minimum atomic E-state index is -0.695. The Morgan fingerprint density at radius 2 is 1.91 bits per heavy atom. The Balaban J connectivity index is 1.52. The molecule has 1 atom stereocenters. The third-order valence-corrected chi connectivity index (χ3v) is 6.80. The quantitative estimate of drug-likeness (QED) is 0.581. The van der Waals surface area contributed by atoms with Crippen molar-refractivity contribution < 1.29 is 23.9 Å². The highest BCUT2D eigenvalue weighted by molar-refractivity contribution is 7.13. The molecule has 3 aromatic rings. The summed E-state index contributed by atoms with van der Waals surface area (Å²) >= 11 is 1.34. The van der Waals surface area contributed by atoms with Gasteiger partial charge in [0.2, 0.25) is 5.91 Å². The van der Waals surface area contributed by atoms with Gasteiger partial charge in [0.15, 0.2) is 16.6 Å². The predicted octanol–water partition coefficient (Wildman–Crippen LogP) is 3.61. The molecule has 2 aromatic carbocycles. The molecule has 0 aliphatic carbocycles. The van der Waals surface area contributed by atoms with Crippen LogP contribution in [0.1, 0.15) is 44.6 Å². The summed E-state index contributed by atoms with van der Waals surface area (Å²) in [6, 6.07) is 10.5. The summed E-state index contributed by atoms with van der Waals surface area (Å²) in [5.41, 5.74) is 2.73. The van der Waals surface area contributed by atoms with E-state index >= 15 is 0 Å². The van der Waals surface area contributed by atoms with Crippen molar-refractivity contribution in [3.05, 3.63) is 64.2 Å². The molecule has 9 nitrogen and oxygen atoms in total. The fourth-order valence-electron chi connectivity index (χ4n) is 4.47. The number of nitrogens with zero attached hydrogens (tertiary/aromatic N) is 3. The van der Waals surface area contributed by atoms with E-state index in [9.17, 15) is 14.4 Å². The largest absolute Gasteiger partial charge is 0.493 e. The predicted molar refractivity (Wildman–Crippen MR) is 127 cm³/mol. The average Bonchev–Trinajstić information content (AvgIpc) is 3.38. The van der Waals surface area contributed by atoms with Crippen molar-refractivity contribution in [1.82, 2.24) is 9.88 Å². The van der Waals surface area contributed by atoms with Gasteiger partial charge in [-0.25, -0.2) is 4.98 Å². The molecule has 0 fully saturated rings. The topological polar surface area (TPSA) is 101 Å². The van der Waals surface area contributed by atoms with Crippen molar-refractivity contribution in [3.8, 4) is 11.5 Å². The van der Waals surface area contributed by atoms with Crippen LogP contribution in [0.5, 0.6) is 11.5 Å². The Kier molecular flexibility index (Phi) is 5.45. The van der Waals surface area contributed by atoms with Gasteiger partial charge < -0.3 is 19.7 Å². The Morgan fingerprint density at radius 1 is 1.12 bits per heavy atom. The standard InChI is InChI=1S/C24H22N4O5S/c1-13-12-34-24(25-13)26-18(29)10-11-27-21-15-8-9-17(32-2)20(33-3)19(15)23(31)28(21)16-7-5-4-6-14(16)22(27)30/h4-9,12,21H,10-11H2,1-3H3,(H,25,26,29).